The average Bonchev–Trinajstić information content (AvgIpc) is 2.90. The Hall–Kier alpha value is -1.39. The summed E-state index contributed by atoms with van der Waals surface area (Å²) in [5, 5.41) is 15.3. The second-order valence-electron chi connectivity index (χ2n) is 6.48. The summed E-state index contributed by atoms with van der Waals surface area (Å²) in [7, 11) is 0. The van der Waals surface area contributed by atoms with Crippen molar-refractivity contribution in [3.8, 4) is 0 Å². The molecule has 2 rings (SSSR count). The lowest BCUT2D eigenvalue weighted by molar-refractivity contribution is 0.0904. The van der Waals surface area contributed by atoms with Gasteiger partial charge in [0.2, 0.25) is 0 Å². The van der Waals surface area contributed by atoms with Crippen LogP contribution in [0, 0.1) is 11.3 Å². The highest BCUT2D eigenvalue weighted by Gasteiger charge is 2.28. The molecule has 0 aliphatic rings. The van der Waals surface area contributed by atoms with E-state index in [1.165, 1.54) is 6.33 Å². The Morgan fingerprint density at radius 3 is 2.43 bits per heavy atom. The first-order valence-electron chi connectivity index (χ1n) is 7.12. The molecule has 2 aromatic rings. The highest BCUT2D eigenvalue weighted by molar-refractivity contribution is 6.30. The van der Waals surface area contributed by atoms with Crippen molar-refractivity contribution in [2.45, 2.75) is 39.8 Å². The molecule has 1 aromatic heterocycles. The second kappa shape index (κ2) is 6.58. The average molecular weight is 308 g/mol. The fourth-order valence-corrected chi connectivity index (χ4v) is 2.47. The first kappa shape index (κ1) is 16.0. The van der Waals surface area contributed by atoms with Crippen molar-refractivity contribution in [2.75, 3.05) is 0 Å². The second-order valence-corrected chi connectivity index (χ2v) is 6.92. The van der Waals surface area contributed by atoms with E-state index in [9.17, 15) is 5.11 Å². The van der Waals surface area contributed by atoms with E-state index >= 15 is 0 Å². The normalized spacial score (nSPS) is 14.9. The number of benzene rings is 1. The van der Waals surface area contributed by atoms with Gasteiger partial charge in [0.1, 0.15) is 12.7 Å². The van der Waals surface area contributed by atoms with Gasteiger partial charge < -0.3 is 5.11 Å². The van der Waals surface area contributed by atoms with E-state index in [1.54, 1.807) is 6.33 Å². The van der Waals surface area contributed by atoms with E-state index in [-0.39, 0.29) is 11.3 Å². The molecule has 1 aromatic carbocycles. The largest absolute Gasteiger partial charge is 0.388 e. The maximum atomic E-state index is 10.5. The molecule has 0 bridgehead atoms. The maximum absolute atomic E-state index is 10.5. The lowest BCUT2D eigenvalue weighted by Crippen LogP contribution is -2.27. The minimum absolute atomic E-state index is 0.0688. The summed E-state index contributed by atoms with van der Waals surface area (Å²) in [6, 6.07) is 7.37. The van der Waals surface area contributed by atoms with Gasteiger partial charge in [-0.15, -0.1) is 0 Å². The Kier molecular flexibility index (Phi) is 5.01. The molecule has 4 nitrogen and oxygen atoms in total. The third-order valence-electron chi connectivity index (χ3n) is 3.86. The van der Waals surface area contributed by atoms with Crippen molar-refractivity contribution in [3.63, 3.8) is 0 Å². The maximum Gasteiger partial charge on any atom is 0.137 e. The topological polar surface area (TPSA) is 50.9 Å². The fraction of sp³-hybridized carbons (Fsp3) is 0.500. The Morgan fingerprint density at radius 2 is 1.90 bits per heavy atom. The summed E-state index contributed by atoms with van der Waals surface area (Å²) in [6.45, 7) is 7.30. The number of hydrogen-bond donors (Lipinski definition) is 1. The molecule has 0 spiro atoms. The van der Waals surface area contributed by atoms with Gasteiger partial charge in [-0.3, -0.25) is 4.68 Å². The number of aliphatic hydroxyl groups is 1. The van der Waals surface area contributed by atoms with Crippen LogP contribution in [0.2, 0.25) is 5.02 Å². The van der Waals surface area contributed by atoms with Gasteiger partial charge in [0.25, 0.3) is 0 Å². The Balaban J connectivity index is 2.09. The van der Waals surface area contributed by atoms with Crippen LogP contribution in [-0.4, -0.2) is 19.9 Å². The minimum Gasteiger partial charge on any atom is -0.388 e. The van der Waals surface area contributed by atoms with Gasteiger partial charge in [-0.2, -0.15) is 5.10 Å². The summed E-state index contributed by atoms with van der Waals surface area (Å²) in [5.74, 6) is 0.282. The fourth-order valence-electron chi connectivity index (χ4n) is 2.35. The highest BCUT2D eigenvalue weighted by atomic mass is 35.5. The van der Waals surface area contributed by atoms with Gasteiger partial charge in [-0.25, -0.2) is 4.98 Å². The summed E-state index contributed by atoms with van der Waals surface area (Å²) >= 11 is 5.89. The lowest BCUT2D eigenvalue weighted by atomic mass is 9.77. The standard InChI is InChI=1S/C16H22ClN3O/c1-16(2,3)13(9-20-11-18-10-19-20)8-15(21)12-4-6-14(17)7-5-12/h4-7,10-11,13,15,21H,8-9H2,1-3H3. The van der Waals surface area contributed by atoms with E-state index in [4.69, 9.17) is 11.6 Å². The molecule has 0 saturated heterocycles. The van der Waals surface area contributed by atoms with Crippen LogP contribution in [0.5, 0.6) is 0 Å². The number of rotatable bonds is 5. The van der Waals surface area contributed by atoms with Crippen molar-refractivity contribution < 1.29 is 5.11 Å². The smallest absolute Gasteiger partial charge is 0.137 e. The molecule has 114 valence electrons. The van der Waals surface area contributed by atoms with Crippen LogP contribution in [-0.2, 0) is 6.54 Å². The Bertz CT molecular complexity index is 546. The van der Waals surface area contributed by atoms with Crippen LogP contribution < -0.4 is 0 Å². The predicted molar refractivity (Wildman–Crippen MR) is 84.0 cm³/mol. The zero-order valence-corrected chi connectivity index (χ0v) is 13.5. The molecule has 0 fully saturated rings. The number of aliphatic hydroxyl groups excluding tert-OH is 1. The summed E-state index contributed by atoms with van der Waals surface area (Å²) in [5.41, 5.74) is 0.964. The molecule has 21 heavy (non-hydrogen) atoms. The van der Waals surface area contributed by atoms with Crippen LogP contribution >= 0.6 is 11.6 Å². The van der Waals surface area contributed by atoms with Gasteiger partial charge in [-0.05, 0) is 35.4 Å². The quantitative estimate of drug-likeness (QED) is 0.916. The molecule has 1 N–H and O–H groups in total. The van der Waals surface area contributed by atoms with Crippen LogP contribution in [0.25, 0.3) is 0 Å². The molecule has 2 unspecified atom stereocenters. The molecular formula is C16H22ClN3O. The van der Waals surface area contributed by atoms with Crippen LogP contribution in [0.1, 0.15) is 38.9 Å². The third kappa shape index (κ3) is 4.55. The van der Waals surface area contributed by atoms with Crippen LogP contribution in [0.4, 0.5) is 0 Å². The molecule has 0 aliphatic carbocycles. The Morgan fingerprint density at radius 1 is 1.24 bits per heavy atom. The van der Waals surface area contributed by atoms with Crippen molar-refractivity contribution in [2.24, 2.45) is 11.3 Å². The van der Waals surface area contributed by atoms with Gasteiger partial charge in [-0.1, -0.05) is 44.5 Å². The van der Waals surface area contributed by atoms with Gasteiger partial charge in [0.15, 0.2) is 0 Å². The third-order valence-corrected chi connectivity index (χ3v) is 4.11. The van der Waals surface area contributed by atoms with Crippen LogP contribution in [0.15, 0.2) is 36.9 Å². The van der Waals surface area contributed by atoms with Crippen molar-refractivity contribution in [1.29, 1.82) is 0 Å². The van der Waals surface area contributed by atoms with E-state index in [0.29, 0.717) is 11.4 Å². The molecular weight excluding hydrogens is 286 g/mol. The number of aromatic nitrogens is 3. The molecule has 5 heteroatoms. The van der Waals surface area contributed by atoms with Crippen molar-refractivity contribution in [1.82, 2.24) is 14.8 Å². The highest BCUT2D eigenvalue weighted by Crippen LogP contribution is 2.35. The first-order chi connectivity index (χ1) is 9.86. The van der Waals surface area contributed by atoms with Crippen molar-refractivity contribution >= 4 is 11.6 Å². The number of halogens is 1. The molecule has 1 heterocycles. The summed E-state index contributed by atoms with van der Waals surface area (Å²) < 4.78 is 1.82. The van der Waals surface area contributed by atoms with Crippen LogP contribution in [0.3, 0.4) is 0 Å². The van der Waals surface area contributed by atoms with Gasteiger partial charge in [0, 0.05) is 11.6 Å². The molecule has 0 amide bonds. The SMILES string of the molecule is CC(C)(C)C(CC(O)c1ccc(Cl)cc1)Cn1cncn1. The van der Waals surface area contributed by atoms with Crippen molar-refractivity contribution in [3.05, 3.63) is 47.5 Å². The monoisotopic (exact) mass is 307 g/mol. The first-order valence-corrected chi connectivity index (χ1v) is 7.50. The van der Waals surface area contributed by atoms with E-state index in [0.717, 1.165) is 12.1 Å². The number of nitrogens with zero attached hydrogens (tertiary/aromatic N) is 3. The zero-order valence-electron chi connectivity index (χ0n) is 12.7. The number of hydrogen-bond acceptors (Lipinski definition) is 3. The summed E-state index contributed by atoms with van der Waals surface area (Å²) in [4.78, 5) is 3.98. The molecule has 0 radical (unpaired) electrons. The lowest BCUT2D eigenvalue weighted by Gasteiger charge is -2.32. The van der Waals surface area contributed by atoms with E-state index in [2.05, 4.69) is 30.9 Å². The zero-order chi connectivity index (χ0) is 15.5. The minimum atomic E-state index is -0.505. The van der Waals surface area contributed by atoms with Gasteiger partial charge >= 0.3 is 0 Å². The summed E-state index contributed by atoms with van der Waals surface area (Å²) in [6.07, 6.45) is 3.42. The van der Waals surface area contributed by atoms with E-state index in [1.807, 2.05) is 28.9 Å². The molecule has 0 aliphatic heterocycles. The van der Waals surface area contributed by atoms with Gasteiger partial charge in [0.05, 0.1) is 6.10 Å². The predicted octanol–water partition coefficient (Wildman–Crippen LogP) is 3.72. The van der Waals surface area contributed by atoms with E-state index < -0.39 is 6.10 Å². The Labute approximate surface area is 130 Å². The molecule has 2 atom stereocenters. The molecule has 0 saturated carbocycles.